The van der Waals surface area contributed by atoms with Crippen molar-refractivity contribution in [2.45, 2.75) is 33.1 Å². The molecule has 4 heteroatoms. The van der Waals surface area contributed by atoms with Crippen molar-refractivity contribution in [3.05, 3.63) is 0 Å². The van der Waals surface area contributed by atoms with Gasteiger partial charge in [0.15, 0.2) is 0 Å². The van der Waals surface area contributed by atoms with Crippen LogP contribution in [0, 0.1) is 0 Å². The molecular weight excluding hydrogens is 145 g/mol. The van der Waals surface area contributed by atoms with Crippen molar-refractivity contribution in [3.63, 3.8) is 0 Å². The van der Waals surface area contributed by atoms with Gasteiger partial charge in [0.25, 0.3) is 0 Å². The molecule has 0 N–H and O–H groups in total. The van der Waals surface area contributed by atoms with E-state index in [9.17, 15) is 13.2 Å². The van der Waals surface area contributed by atoms with E-state index in [0.717, 1.165) is 14.0 Å². The van der Waals surface area contributed by atoms with Gasteiger partial charge in [0.1, 0.15) is 6.10 Å². The fraction of sp³-hybridized carbons (Fsp3) is 1.00. The minimum Gasteiger partial charge on any atom is -0.372 e. The third-order valence-electron chi connectivity index (χ3n) is 0.815. The van der Waals surface area contributed by atoms with Crippen LogP contribution in [-0.4, -0.2) is 19.4 Å². The molecule has 1 nitrogen and oxygen atoms in total. The highest BCUT2D eigenvalue weighted by Crippen LogP contribution is 2.21. The Hall–Kier alpha value is -0.250. The van der Waals surface area contributed by atoms with Crippen molar-refractivity contribution < 1.29 is 17.9 Å². The maximum absolute atomic E-state index is 11.3. The van der Waals surface area contributed by atoms with Crippen LogP contribution in [-0.2, 0) is 4.74 Å². The molecule has 0 aliphatic rings. The average molecular weight is 158 g/mol. The van der Waals surface area contributed by atoms with Crippen LogP contribution in [0.1, 0.15) is 20.8 Å². The third-order valence-corrected chi connectivity index (χ3v) is 0.815. The van der Waals surface area contributed by atoms with E-state index in [1.165, 1.54) is 0 Å². The predicted octanol–water partition coefficient (Wildman–Crippen LogP) is 2.61. The Bertz CT molecular complexity index is 69.9. The molecule has 0 spiro atoms. The molecule has 0 fully saturated rings. The molecule has 0 rings (SSSR count). The van der Waals surface area contributed by atoms with Crippen molar-refractivity contribution in [2.24, 2.45) is 0 Å². The summed E-state index contributed by atoms with van der Waals surface area (Å²) in [5.74, 6) is 0. The third kappa shape index (κ3) is 5.88. The number of alkyl halides is 3. The zero-order valence-electron chi connectivity index (χ0n) is 6.62. The van der Waals surface area contributed by atoms with Gasteiger partial charge in [-0.3, -0.25) is 0 Å². The Labute approximate surface area is 59.2 Å². The first-order chi connectivity index (χ1) is 4.48. The average Bonchev–Trinajstić information content (AvgIpc) is 1.89. The summed E-state index contributed by atoms with van der Waals surface area (Å²) < 4.78 is 38.0. The standard InChI is InChI=1S/C4H7F3O.C2H6/c1-3(8-2)4(5,6)7;1-2/h3H,1-2H3;1-2H3. The summed E-state index contributed by atoms with van der Waals surface area (Å²) in [6, 6.07) is 0. The van der Waals surface area contributed by atoms with Gasteiger partial charge < -0.3 is 4.74 Å². The second-order valence-corrected chi connectivity index (χ2v) is 1.42. The summed E-state index contributed by atoms with van der Waals surface area (Å²) in [4.78, 5) is 0. The second kappa shape index (κ2) is 5.53. The molecule has 0 saturated heterocycles. The van der Waals surface area contributed by atoms with Gasteiger partial charge in [-0.2, -0.15) is 13.2 Å². The number of ether oxygens (including phenoxy) is 1. The molecule has 0 aromatic carbocycles. The zero-order chi connectivity index (χ0) is 8.78. The summed E-state index contributed by atoms with van der Waals surface area (Å²) in [5.41, 5.74) is 0. The molecule has 64 valence electrons. The highest BCUT2D eigenvalue weighted by atomic mass is 19.4. The van der Waals surface area contributed by atoms with Crippen molar-refractivity contribution in [1.29, 1.82) is 0 Å². The maximum Gasteiger partial charge on any atom is 0.414 e. The van der Waals surface area contributed by atoms with Crippen LogP contribution in [0.3, 0.4) is 0 Å². The Morgan fingerprint density at radius 3 is 1.50 bits per heavy atom. The van der Waals surface area contributed by atoms with Gasteiger partial charge in [-0.15, -0.1) is 0 Å². The van der Waals surface area contributed by atoms with Gasteiger partial charge in [0.05, 0.1) is 0 Å². The SMILES string of the molecule is CC.COC(C)C(F)(F)F. The van der Waals surface area contributed by atoms with Crippen LogP contribution in [0.25, 0.3) is 0 Å². The van der Waals surface area contributed by atoms with E-state index in [1.54, 1.807) is 0 Å². The quantitative estimate of drug-likeness (QED) is 0.570. The molecule has 0 aromatic heterocycles. The number of halogens is 3. The molecule has 0 aliphatic heterocycles. The van der Waals surface area contributed by atoms with Crippen LogP contribution in [0.4, 0.5) is 13.2 Å². The monoisotopic (exact) mass is 158 g/mol. The van der Waals surface area contributed by atoms with E-state index in [1.807, 2.05) is 13.8 Å². The lowest BCUT2D eigenvalue weighted by Gasteiger charge is -2.12. The highest BCUT2D eigenvalue weighted by Gasteiger charge is 2.35. The fourth-order valence-electron chi connectivity index (χ4n) is 0.134. The van der Waals surface area contributed by atoms with E-state index in [-0.39, 0.29) is 0 Å². The normalized spacial score (nSPS) is 13.5. The first kappa shape index (κ1) is 12.4. The van der Waals surface area contributed by atoms with Crippen LogP contribution >= 0.6 is 0 Å². The Morgan fingerprint density at radius 2 is 1.50 bits per heavy atom. The molecule has 0 heterocycles. The van der Waals surface area contributed by atoms with Gasteiger partial charge in [-0.25, -0.2) is 0 Å². The molecular formula is C6H13F3O. The Morgan fingerprint density at radius 1 is 1.20 bits per heavy atom. The first-order valence-electron chi connectivity index (χ1n) is 3.08. The fourth-order valence-corrected chi connectivity index (χ4v) is 0.134. The number of methoxy groups -OCH3 is 1. The van der Waals surface area contributed by atoms with Crippen LogP contribution in [0.15, 0.2) is 0 Å². The number of hydrogen-bond acceptors (Lipinski definition) is 1. The van der Waals surface area contributed by atoms with Gasteiger partial charge in [-0.1, -0.05) is 13.8 Å². The lowest BCUT2D eigenvalue weighted by molar-refractivity contribution is -0.206. The van der Waals surface area contributed by atoms with Gasteiger partial charge >= 0.3 is 6.18 Å². The van der Waals surface area contributed by atoms with Gasteiger partial charge in [-0.05, 0) is 6.92 Å². The summed E-state index contributed by atoms with van der Waals surface area (Å²) in [6.45, 7) is 4.96. The molecule has 0 amide bonds. The van der Waals surface area contributed by atoms with Crippen molar-refractivity contribution in [2.75, 3.05) is 7.11 Å². The molecule has 0 aliphatic carbocycles. The smallest absolute Gasteiger partial charge is 0.372 e. The summed E-state index contributed by atoms with van der Waals surface area (Å²) in [7, 11) is 1.03. The Balaban J connectivity index is 0. The summed E-state index contributed by atoms with van der Waals surface area (Å²) in [5, 5.41) is 0. The largest absolute Gasteiger partial charge is 0.414 e. The number of hydrogen-bond donors (Lipinski definition) is 0. The van der Waals surface area contributed by atoms with E-state index in [0.29, 0.717) is 0 Å². The van der Waals surface area contributed by atoms with Crippen molar-refractivity contribution in [3.8, 4) is 0 Å². The molecule has 0 aromatic rings. The second-order valence-electron chi connectivity index (χ2n) is 1.42. The van der Waals surface area contributed by atoms with Crippen molar-refractivity contribution >= 4 is 0 Å². The molecule has 0 bridgehead atoms. The summed E-state index contributed by atoms with van der Waals surface area (Å²) >= 11 is 0. The van der Waals surface area contributed by atoms with E-state index in [4.69, 9.17) is 0 Å². The molecule has 10 heavy (non-hydrogen) atoms. The number of rotatable bonds is 1. The highest BCUT2D eigenvalue weighted by molar-refractivity contribution is 4.58. The zero-order valence-corrected chi connectivity index (χ0v) is 6.62. The molecule has 1 unspecified atom stereocenters. The molecule has 0 radical (unpaired) electrons. The minimum atomic E-state index is -4.21. The van der Waals surface area contributed by atoms with Gasteiger partial charge in [0, 0.05) is 7.11 Å². The van der Waals surface area contributed by atoms with E-state index in [2.05, 4.69) is 4.74 Å². The molecule has 0 saturated carbocycles. The van der Waals surface area contributed by atoms with Crippen LogP contribution < -0.4 is 0 Å². The van der Waals surface area contributed by atoms with Crippen LogP contribution in [0.2, 0.25) is 0 Å². The maximum atomic E-state index is 11.3. The Kier molecular flexibility index (Phi) is 6.87. The molecule has 1 atom stereocenters. The lowest BCUT2D eigenvalue weighted by atomic mass is 10.4. The summed E-state index contributed by atoms with van der Waals surface area (Å²) in [6.07, 6.45) is -5.86. The topological polar surface area (TPSA) is 9.23 Å². The van der Waals surface area contributed by atoms with Crippen LogP contribution in [0.5, 0.6) is 0 Å². The first-order valence-corrected chi connectivity index (χ1v) is 3.08. The van der Waals surface area contributed by atoms with Gasteiger partial charge in [0.2, 0.25) is 0 Å². The minimum absolute atomic E-state index is 0.958. The predicted molar refractivity (Wildman–Crippen MR) is 33.9 cm³/mol. The van der Waals surface area contributed by atoms with E-state index >= 15 is 0 Å². The van der Waals surface area contributed by atoms with Crippen molar-refractivity contribution in [1.82, 2.24) is 0 Å². The lowest BCUT2D eigenvalue weighted by Crippen LogP contribution is -2.26. The van der Waals surface area contributed by atoms with E-state index < -0.39 is 12.3 Å².